The highest BCUT2D eigenvalue weighted by atomic mass is 35.5. The molecule has 1 heterocycles. The van der Waals surface area contributed by atoms with Crippen LogP contribution >= 0.6 is 22.9 Å². The van der Waals surface area contributed by atoms with Crippen molar-refractivity contribution in [1.29, 1.82) is 0 Å². The van der Waals surface area contributed by atoms with Crippen LogP contribution in [0.25, 0.3) is 10.1 Å². The molecule has 0 saturated heterocycles. The second-order valence-corrected chi connectivity index (χ2v) is 3.94. The van der Waals surface area contributed by atoms with E-state index in [1.807, 2.05) is 0 Å². The standard InChI is InChI=1S/C9H4ClFOS/c10-8-5-2-1-3-6(11)9(5)13-7(8)4-12/h1-4H. The fourth-order valence-corrected chi connectivity index (χ4v) is 2.44. The Morgan fingerprint density at radius 3 is 2.85 bits per heavy atom. The Hall–Kier alpha value is -0.930. The monoisotopic (exact) mass is 214 g/mol. The highest BCUT2D eigenvalue weighted by Crippen LogP contribution is 2.35. The fourth-order valence-electron chi connectivity index (χ4n) is 1.15. The summed E-state index contributed by atoms with van der Waals surface area (Å²) in [5.74, 6) is -0.336. The van der Waals surface area contributed by atoms with E-state index < -0.39 is 0 Å². The average molecular weight is 215 g/mol. The number of fused-ring (bicyclic) bond motifs is 1. The van der Waals surface area contributed by atoms with Crippen LogP contribution in [0.4, 0.5) is 4.39 Å². The van der Waals surface area contributed by atoms with E-state index in [0.29, 0.717) is 26.3 Å². The quantitative estimate of drug-likeness (QED) is 0.664. The molecule has 0 amide bonds. The number of aldehydes is 1. The van der Waals surface area contributed by atoms with Crippen molar-refractivity contribution in [3.63, 3.8) is 0 Å². The van der Waals surface area contributed by atoms with E-state index in [1.165, 1.54) is 6.07 Å². The van der Waals surface area contributed by atoms with Gasteiger partial charge in [0, 0.05) is 5.39 Å². The molecule has 0 fully saturated rings. The van der Waals surface area contributed by atoms with Crippen molar-refractivity contribution in [2.45, 2.75) is 0 Å². The first-order valence-electron chi connectivity index (χ1n) is 3.55. The number of carbonyl (C=O) groups is 1. The topological polar surface area (TPSA) is 17.1 Å². The van der Waals surface area contributed by atoms with Crippen molar-refractivity contribution in [2.75, 3.05) is 0 Å². The Bertz CT molecular complexity index is 478. The van der Waals surface area contributed by atoms with Crippen LogP contribution in [0, 0.1) is 5.82 Å². The molecule has 0 unspecified atom stereocenters. The lowest BCUT2D eigenvalue weighted by atomic mass is 10.2. The third kappa shape index (κ3) is 1.24. The van der Waals surface area contributed by atoms with Crippen LogP contribution in [0.15, 0.2) is 18.2 Å². The van der Waals surface area contributed by atoms with Crippen LogP contribution in [0.3, 0.4) is 0 Å². The maximum absolute atomic E-state index is 13.2. The van der Waals surface area contributed by atoms with Crippen LogP contribution < -0.4 is 0 Å². The molecule has 1 nitrogen and oxygen atoms in total. The van der Waals surface area contributed by atoms with E-state index in [9.17, 15) is 9.18 Å². The van der Waals surface area contributed by atoms with Crippen LogP contribution in [-0.4, -0.2) is 6.29 Å². The first-order chi connectivity index (χ1) is 6.24. The number of hydrogen-bond donors (Lipinski definition) is 0. The molecule has 66 valence electrons. The van der Waals surface area contributed by atoms with Gasteiger partial charge >= 0.3 is 0 Å². The van der Waals surface area contributed by atoms with Gasteiger partial charge in [-0.2, -0.15) is 0 Å². The van der Waals surface area contributed by atoms with E-state index in [1.54, 1.807) is 12.1 Å². The number of rotatable bonds is 1. The Balaban J connectivity index is 2.91. The Labute approximate surface area is 82.7 Å². The van der Waals surface area contributed by atoms with Gasteiger partial charge < -0.3 is 0 Å². The van der Waals surface area contributed by atoms with E-state index in [2.05, 4.69) is 0 Å². The second-order valence-electron chi connectivity index (χ2n) is 2.51. The lowest BCUT2D eigenvalue weighted by Gasteiger charge is -1.89. The third-order valence-corrected chi connectivity index (χ3v) is 3.40. The molecular weight excluding hydrogens is 211 g/mol. The van der Waals surface area contributed by atoms with Crippen LogP contribution in [0.2, 0.25) is 5.02 Å². The van der Waals surface area contributed by atoms with Gasteiger partial charge in [0.1, 0.15) is 5.82 Å². The molecule has 0 aliphatic carbocycles. The van der Waals surface area contributed by atoms with E-state index >= 15 is 0 Å². The average Bonchev–Trinajstić information content (AvgIpc) is 2.45. The molecule has 13 heavy (non-hydrogen) atoms. The molecular formula is C9H4ClFOS. The summed E-state index contributed by atoms with van der Waals surface area (Å²) in [6.07, 6.45) is 0.645. The third-order valence-electron chi connectivity index (χ3n) is 1.74. The molecule has 2 rings (SSSR count). The van der Waals surface area contributed by atoms with Crippen molar-refractivity contribution < 1.29 is 9.18 Å². The minimum absolute atomic E-state index is 0.336. The van der Waals surface area contributed by atoms with Gasteiger partial charge in [0.2, 0.25) is 0 Å². The van der Waals surface area contributed by atoms with Crippen LogP contribution in [0.1, 0.15) is 9.67 Å². The molecule has 1 aromatic heterocycles. The molecule has 0 saturated carbocycles. The van der Waals surface area contributed by atoms with Crippen molar-refractivity contribution in [3.05, 3.63) is 33.9 Å². The Kier molecular flexibility index (Phi) is 2.06. The van der Waals surface area contributed by atoms with Gasteiger partial charge in [-0.25, -0.2) is 4.39 Å². The maximum atomic E-state index is 13.2. The number of benzene rings is 1. The first-order valence-corrected chi connectivity index (χ1v) is 4.75. The van der Waals surface area contributed by atoms with Crippen molar-refractivity contribution in [3.8, 4) is 0 Å². The Morgan fingerprint density at radius 1 is 1.46 bits per heavy atom. The van der Waals surface area contributed by atoms with Crippen molar-refractivity contribution in [1.82, 2.24) is 0 Å². The zero-order valence-corrected chi connectivity index (χ0v) is 7.95. The zero-order valence-electron chi connectivity index (χ0n) is 6.38. The summed E-state index contributed by atoms with van der Waals surface area (Å²) in [7, 11) is 0. The minimum Gasteiger partial charge on any atom is -0.297 e. The number of hydrogen-bond acceptors (Lipinski definition) is 2. The molecule has 4 heteroatoms. The highest BCUT2D eigenvalue weighted by Gasteiger charge is 2.11. The second kappa shape index (κ2) is 3.09. The van der Waals surface area contributed by atoms with Crippen LogP contribution in [0.5, 0.6) is 0 Å². The van der Waals surface area contributed by atoms with Gasteiger partial charge in [0.15, 0.2) is 6.29 Å². The normalized spacial score (nSPS) is 10.6. The van der Waals surface area contributed by atoms with Gasteiger partial charge in [-0.1, -0.05) is 23.7 Å². The SMILES string of the molecule is O=Cc1sc2c(F)cccc2c1Cl. The molecule has 0 bridgehead atoms. The molecule has 1 aromatic carbocycles. The molecule has 0 aliphatic rings. The van der Waals surface area contributed by atoms with Crippen LogP contribution in [-0.2, 0) is 0 Å². The predicted molar refractivity (Wildman–Crippen MR) is 52.2 cm³/mol. The van der Waals surface area contributed by atoms with Gasteiger partial charge in [-0.15, -0.1) is 11.3 Å². The molecule has 0 aliphatic heterocycles. The molecule has 2 aromatic rings. The highest BCUT2D eigenvalue weighted by molar-refractivity contribution is 7.21. The summed E-state index contributed by atoms with van der Waals surface area (Å²) >= 11 is 6.92. The smallest absolute Gasteiger partial charge is 0.161 e. The summed E-state index contributed by atoms with van der Waals surface area (Å²) < 4.78 is 13.6. The first kappa shape index (κ1) is 8.66. The predicted octanol–water partition coefficient (Wildman–Crippen LogP) is 3.51. The van der Waals surface area contributed by atoms with Gasteiger partial charge in [-0.05, 0) is 6.07 Å². The van der Waals surface area contributed by atoms with Gasteiger partial charge in [-0.3, -0.25) is 4.79 Å². The maximum Gasteiger partial charge on any atom is 0.161 e. The van der Waals surface area contributed by atoms with E-state index in [4.69, 9.17) is 11.6 Å². The lowest BCUT2D eigenvalue weighted by Crippen LogP contribution is -1.71. The summed E-state index contributed by atoms with van der Waals surface area (Å²) in [4.78, 5) is 10.9. The summed E-state index contributed by atoms with van der Waals surface area (Å²) in [5.41, 5.74) is 0. The van der Waals surface area contributed by atoms with E-state index in [0.717, 1.165) is 11.3 Å². The molecule has 0 atom stereocenters. The number of carbonyl (C=O) groups excluding carboxylic acids is 1. The Morgan fingerprint density at radius 2 is 2.23 bits per heavy atom. The van der Waals surface area contributed by atoms with Crippen molar-refractivity contribution in [2.24, 2.45) is 0 Å². The molecule has 0 spiro atoms. The molecule has 0 radical (unpaired) electrons. The number of thiophene rings is 1. The minimum atomic E-state index is -0.336. The van der Waals surface area contributed by atoms with Crippen molar-refractivity contribution >= 4 is 39.3 Å². The lowest BCUT2D eigenvalue weighted by molar-refractivity contribution is 0.112. The van der Waals surface area contributed by atoms with Gasteiger partial charge in [0.25, 0.3) is 0 Å². The van der Waals surface area contributed by atoms with E-state index in [-0.39, 0.29) is 5.82 Å². The summed E-state index contributed by atoms with van der Waals surface area (Å²) in [5, 5.41) is 0.947. The summed E-state index contributed by atoms with van der Waals surface area (Å²) in [6, 6.07) is 4.62. The number of halogens is 2. The molecule has 0 N–H and O–H groups in total. The zero-order chi connectivity index (χ0) is 9.42. The summed E-state index contributed by atoms with van der Waals surface area (Å²) in [6.45, 7) is 0. The fraction of sp³-hybridized carbons (Fsp3) is 0. The largest absolute Gasteiger partial charge is 0.297 e. The van der Waals surface area contributed by atoms with Gasteiger partial charge in [0.05, 0.1) is 14.6 Å².